The smallest absolute Gasteiger partial charge is 0.162 e. The molecular weight excluding hydrogens is 296 g/mol. The Bertz CT molecular complexity index is 634. The highest BCUT2D eigenvalue weighted by Gasteiger charge is 2.13. The highest BCUT2D eigenvalue weighted by Crippen LogP contribution is 2.34. The lowest BCUT2D eigenvalue weighted by molar-refractivity contribution is 0.455. The Morgan fingerprint density at radius 1 is 1.19 bits per heavy atom. The number of hydrogen-bond acceptors (Lipinski definition) is 2. The van der Waals surface area contributed by atoms with Crippen LogP contribution in [0.5, 0.6) is 11.5 Å². The molecule has 1 atom stereocenters. The first kappa shape index (κ1) is 15.7. The van der Waals surface area contributed by atoms with Gasteiger partial charge in [-0.3, -0.25) is 0 Å². The number of benzene rings is 2. The van der Waals surface area contributed by atoms with E-state index in [1.165, 1.54) is 6.07 Å². The summed E-state index contributed by atoms with van der Waals surface area (Å²) in [4.78, 5) is 0. The zero-order valence-electron chi connectivity index (χ0n) is 11.6. The van der Waals surface area contributed by atoms with Crippen molar-refractivity contribution < 1.29 is 13.5 Å². The van der Waals surface area contributed by atoms with Crippen molar-refractivity contribution in [1.82, 2.24) is 0 Å². The van der Waals surface area contributed by atoms with E-state index in [4.69, 9.17) is 22.1 Å². The summed E-state index contributed by atoms with van der Waals surface area (Å²) >= 11 is 6.14. The molecule has 0 aliphatic heterocycles. The van der Waals surface area contributed by atoms with Crippen molar-refractivity contribution in [3.8, 4) is 11.5 Å². The lowest BCUT2D eigenvalue weighted by atomic mass is 10.0. The first-order valence-electron chi connectivity index (χ1n) is 6.67. The third kappa shape index (κ3) is 3.93. The highest BCUT2D eigenvalue weighted by molar-refractivity contribution is 6.32. The van der Waals surface area contributed by atoms with E-state index in [0.717, 1.165) is 24.1 Å². The largest absolute Gasteiger partial charge is 0.455 e. The van der Waals surface area contributed by atoms with Crippen molar-refractivity contribution >= 4 is 11.6 Å². The van der Waals surface area contributed by atoms with Crippen LogP contribution < -0.4 is 10.5 Å². The maximum absolute atomic E-state index is 13.2. The number of halogens is 3. The Morgan fingerprint density at radius 2 is 1.95 bits per heavy atom. The van der Waals surface area contributed by atoms with Crippen LogP contribution in [0.2, 0.25) is 5.02 Å². The quantitative estimate of drug-likeness (QED) is 0.869. The fraction of sp³-hybridized carbons (Fsp3) is 0.250. The minimum atomic E-state index is -0.966. The Balaban J connectivity index is 2.31. The molecule has 0 aliphatic carbocycles. The number of hydrogen-bond donors (Lipinski definition) is 1. The van der Waals surface area contributed by atoms with Gasteiger partial charge < -0.3 is 10.5 Å². The zero-order valence-corrected chi connectivity index (χ0v) is 12.3. The Kier molecular flexibility index (Phi) is 5.15. The van der Waals surface area contributed by atoms with Crippen LogP contribution >= 0.6 is 11.6 Å². The minimum Gasteiger partial charge on any atom is -0.455 e. The van der Waals surface area contributed by atoms with E-state index in [0.29, 0.717) is 17.2 Å². The van der Waals surface area contributed by atoms with E-state index in [1.807, 2.05) is 13.0 Å². The number of nitrogens with two attached hydrogens (primary N) is 1. The number of rotatable bonds is 5. The van der Waals surface area contributed by atoms with Gasteiger partial charge in [-0.1, -0.05) is 30.7 Å². The first-order chi connectivity index (χ1) is 10.0. The second-order valence-corrected chi connectivity index (χ2v) is 5.19. The minimum absolute atomic E-state index is 0.0178. The van der Waals surface area contributed by atoms with Crippen LogP contribution in [0.1, 0.15) is 18.9 Å². The lowest BCUT2D eigenvalue weighted by Crippen LogP contribution is -2.21. The molecule has 1 unspecified atom stereocenters. The first-order valence-corrected chi connectivity index (χ1v) is 7.05. The molecule has 0 fully saturated rings. The van der Waals surface area contributed by atoms with Crippen molar-refractivity contribution in [1.29, 1.82) is 0 Å². The van der Waals surface area contributed by atoms with E-state index in [1.54, 1.807) is 12.1 Å². The molecule has 0 radical (unpaired) electrons. The van der Waals surface area contributed by atoms with E-state index < -0.39 is 11.6 Å². The fourth-order valence-corrected chi connectivity index (χ4v) is 2.15. The van der Waals surface area contributed by atoms with Gasteiger partial charge in [0.1, 0.15) is 11.5 Å². The van der Waals surface area contributed by atoms with Crippen LogP contribution in [0.3, 0.4) is 0 Å². The molecule has 0 heterocycles. The molecule has 0 saturated heterocycles. The topological polar surface area (TPSA) is 35.2 Å². The average Bonchev–Trinajstić information content (AvgIpc) is 2.46. The van der Waals surface area contributed by atoms with Crippen LogP contribution in [0.4, 0.5) is 8.78 Å². The third-order valence-corrected chi connectivity index (χ3v) is 3.46. The maximum Gasteiger partial charge on any atom is 0.162 e. The van der Waals surface area contributed by atoms with Gasteiger partial charge in [-0.05, 0) is 36.6 Å². The summed E-state index contributed by atoms with van der Waals surface area (Å²) < 4.78 is 31.8. The van der Waals surface area contributed by atoms with Gasteiger partial charge in [-0.15, -0.1) is 0 Å². The molecular formula is C16H16ClF2NO. The second-order valence-electron chi connectivity index (χ2n) is 4.78. The van der Waals surface area contributed by atoms with Gasteiger partial charge in [0.2, 0.25) is 0 Å². The van der Waals surface area contributed by atoms with E-state index in [2.05, 4.69) is 0 Å². The van der Waals surface area contributed by atoms with Gasteiger partial charge in [0.05, 0.1) is 5.02 Å². The maximum atomic E-state index is 13.2. The van der Waals surface area contributed by atoms with Gasteiger partial charge in [0.25, 0.3) is 0 Å². The molecule has 2 N–H and O–H groups in total. The Morgan fingerprint density at radius 3 is 2.62 bits per heavy atom. The van der Waals surface area contributed by atoms with Crippen LogP contribution in [0.25, 0.3) is 0 Å². The summed E-state index contributed by atoms with van der Waals surface area (Å²) in [7, 11) is 0. The molecule has 0 aromatic heterocycles. The van der Waals surface area contributed by atoms with Crippen molar-refractivity contribution in [2.45, 2.75) is 25.8 Å². The van der Waals surface area contributed by atoms with Crippen LogP contribution in [-0.2, 0) is 6.42 Å². The van der Waals surface area contributed by atoms with Gasteiger partial charge in [0.15, 0.2) is 11.6 Å². The third-order valence-electron chi connectivity index (χ3n) is 3.17. The summed E-state index contributed by atoms with van der Waals surface area (Å²) in [5.41, 5.74) is 6.79. The molecule has 0 bridgehead atoms. The summed E-state index contributed by atoms with van der Waals surface area (Å²) in [5, 5.41) is 0.403. The molecule has 0 saturated carbocycles. The van der Waals surface area contributed by atoms with Gasteiger partial charge in [-0.2, -0.15) is 0 Å². The fourth-order valence-electron chi connectivity index (χ4n) is 1.91. The van der Waals surface area contributed by atoms with Crippen molar-refractivity contribution in [3.05, 3.63) is 58.6 Å². The molecule has 2 aromatic rings. The average molecular weight is 312 g/mol. The van der Waals surface area contributed by atoms with Crippen molar-refractivity contribution in [2.75, 3.05) is 0 Å². The van der Waals surface area contributed by atoms with E-state index >= 15 is 0 Å². The van der Waals surface area contributed by atoms with Gasteiger partial charge in [0, 0.05) is 12.1 Å². The van der Waals surface area contributed by atoms with Crippen LogP contribution in [0, 0.1) is 11.6 Å². The summed E-state index contributed by atoms with van der Waals surface area (Å²) in [6.07, 6.45) is 1.41. The molecule has 2 rings (SSSR count). The summed E-state index contributed by atoms with van der Waals surface area (Å²) in [6.45, 7) is 1.99. The Hall–Kier alpha value is -1.65. The Labute approximate surface area is 127 Å². The molecule has 0 spiro atoms. The predicted molar refractivity (Wildman–Crippen MR) is 79.9 cm³/mol. The standard InChI is InChI=1S/C16H16ClF2NO/c1-2-11(20)8-10-4-3-5-13(17)16(10)21-12-6-7-14(18)15(19)9-12/h3-7,9,11H,2,8,20H2,1H3. The van der Waals surface area contributed by atoms with Crippen molar-refractivity contribution in [2.24, 2.45) is 5.73 Å². The van der Waals surface area contributed by atoms with E-state index in [-0.39, 0.29) is 11.8 Å². The molecule has 0 aliphatic rings. The van der Waals surface area contributed by atoms with Crippen LogP contribution in [0.15, 0.2) is 36.4 Å². The number of para-hydroxylation sites is 1. The summed E-state index contributed by atoms with van der Waals surface area (Å²) in [5.74, 6) is -1.27. The second kappa shape index (κ2) is 6.87. The lowest BCUT2D eigenvalue weighted by Gasteiger charge is -2.15. The van der Waals surface area contributed by atoms with Gasteiger partial charge in [-0.25, -0.2) is 8.78 Å². The molecule has 2 nitrogen and oxygen atoms in total. The number of ether oxygens (including phenoxy) is 1. The van der Waals surface area contributed by atoms with Gasteiger partial charge >= 0.3 is 0 Å². The zero-order chi connectivity index (χ0) is 15.4. The predicted octanol–water partition coefficient (Wildman–Crippen LogP) is 4.69. The molecule has 5 heteroatoms. The molecule has 2 aromatic carbocycles. The van der Waals surface area contributed by atoms with Crippen LogP contribution in [-0.4, -0.2) is 6.04 Å². The molecule has 0 amide bonds. The highest BCUT2D eigenvalue weighted by atomic mass is 35.5. The summed E-state index contributed by atoms with van der Waals surface area (Å²) in [6, 6.07) is 8.68. The van der Waals surface area contributed by atoms with Crippen molar-refractivity contribution in [3.63, 3.8) is 0 Å². The monoisotopic (exact) mass is 311 g/mol. The molecule has 21 heavy (non-hydrogen) atoms. The molecule has 112 valence electrons. The normalized spacial score (nSPS) is 12.2. The SMILES string of the molecule is CCC(N)Cc1cccc(Cl)c1Oc1ccc(F)c(F)c1. The van der Waals surface area contributed by atoms with E-state index in [9.17, 15) is 8.78 Å².